The lowest BCUT2D eigenvalue weighted by molar-refractivity contribution is -0.125. The van der Waals surface area contributed by atoms with Crippen molar-refractivity contribution in [3.05, 3.63) is 35.9 Å². The second kappa shape index (κ2) is 9.95. The van der Waals surface area contributed by atoms with E-state index in [-0.39, 0.29) is 23.7 Å². The summed E-state index contributed by atoms with van der Waals surface area (Å²) in [5.41, 5.74) is 1.41. The Labute approximate surface area is 189 Å². The number of ketones is 1. The molecule has 2 saturated carbocycles. The standard InChI is InChI=1S/C25H35BrN2O2/c1-17(29)22-14-20-7-8-21(26)15-23(20)25(22)27-24(30)16-28-11-9-19(10-12-28)13-18-5-3-2-4-6-18/h2-6,19-23,25H,7-16H2,1H3,(H,27,30). The zero-order valence-electron chi connectivity index (χ0n) is 18.1. The Morgan fingerprint density at radius 1 is 1.07 bits per heavy atom. The number of likely N-dealkylation sites (tertiary alicyclic amines) is 1. The van der Waals surface area contributed by atoms with Gasteiger partial charge in [0.05, 0.1) is 6.54 Å². The van der Waals surface area contributed by atoms with E-state index in [2.05, 4.69) is 56.5 Å². The highest BCUT2D eigenvalue weighted by molar-refractivity contribution is 9.09. The van der Waals surface area contributed by atoms with E-state index in [9.17, 15) is 9.59 Å². The molecule has 1 N–H and O–H groups in total. The second-order valence-corrected chi connectivity index (χ2v) is 11.1. The van der Waals surface area contributed by atoms with Crippen molar-refractivity contribution < 1.29 is 9.59 Å². The van der Waals surface area contributed by atoms with Gasteiger partial charge in [-0.25, -0.2) is 0 Å². The van der Waals surface area contributed by atoms with Gasteiger partial charge in [0.15, 0.2) is 0 Å². The topological polar surface area (TPSA) is 49.4 Å². The number of nitrogens with one attached hydrogen (secondary N) is 1. The SMILES string of the molecule is CC(=O)C1CC2CCC(Br)CC2C1NC(=O)CN1CCC(Cc2ccccc2)CC1. The summed E-state index contributed by atoms with van der Waals surface area (Å²) in [6, 6.07) is 10.7. The molecular weight excluding hydrogens is 440 g/mol. The molecule has 30 heavy (non-hydrogen) atoms. The summed E-state index contributed by atoms with van der Waals surface area (Å²) in [7, 11) is 0. The molecule has 1 amide bonds. The number of Topliss-reactive ketones (excluding diaryl/α,β-unsaturated/α-hetero) is 1. The van der Waals surface area contributed by atoms with Gasteiger partial charge in [0, 0.05) is 16.8 Å². The summed E-state index contributed by atoms with van der Waals surface area (Å²) >= 11 is 3.78. The minimum absolute atomic E-state index is 0.00152. The third-order valence-electron chi connectivity index (χ3n) is 7.73. The molecule has 3 aliphatic rings. The molecule has 1 aliphatic heterocycles. The molecule has 164 valence electrons. The lowest BCUT2D eigenvalue weighted by Crippen LogP contribution is -2.49. The zero-order valence-corrected chi connectivity index (χ0v) is 19.6. The smallest absolute Gasteiger partial charge is 0.234 e. The third kappa shape index (κ3) is 5.34. The number of rotatable bonds is 6. The predicted molar refractivity (Wildman–Crippen MR) is 124 cm³/mol. The van der Waals surface area contributed by atoms with Crippen molar-refractivity contribution in [2.75, 3.05) is 19.6 Å². The number of hydrogen-bond donors (Lipinski definition) is 1. The van der Waals surface area contributed by atoms with Crippen molar-refractivity contribution in [3.8, 4) is 0 Å². The van der Waals surface area contributed by atoms with Crippen LogP contribution >= 0.6 is 15.9 Å². The van der Waals surface area contributed by atoms with E-state index in [1.165, 1.54) is 18.4 Å². The van der Waals surface area contributed by atoms with Gasteiger partial charge in [0.2, 0.25) is 5.91 Å². The maximum Gasteiger partial charge on any atom is 0.234 e. The zero-order chi connectivity index (χ0) is 21.1. The number of amides is 1. The molecular formula is C25H35BrN2O2. The average molecular weight is 475 g/mol. The van der Waals surface area contributed by atoms with Crippen LogP contribution in [0.25, 0.3) is 0 Å². The third-order valence-corrected chi connectivity index (χ3v) is 8.56. The molecule has 5 atom stereocenters. The number of alkyl halides is 1. The summed E-state index contributed by atoms with van der Waals surface area (Å²) in [6.45, 7) is 4.14. The van der Waals surface area contributed by atoms with Gasteiger partial charge in [0.25, 0.3) is 0 Å². The molecule has 5 unspecified atom stereocenters. The lowest BCUT2D eigenvalue weighted by Gasteiger charge is -2.34. The van der Waals surface area contributed by atoms with E-state index in [1.807, 2.05) is 0 Å². The van der Waals surface area contributed by atoms with Crippen LogP contribution in [0.5, 0.6) is 0 Å². The fourth-order valence-corrected chi connectivity index (χ4v) is 6.77. The molecule has 1 heterocycles. The monoisotopic (exact) mass is 474 g/mol. The maximum absolute atomic E-state index is 12.9. The van der Waals surface area contributed by atoms with Crippen LogP contribution in [0.3, 0.4) is 0 Å². The normalized spacial score (nSPS) is 32.5. The van der Waals surface area contributed by atoms with Crippen molar-refractivity contribution in [2.24, 2.45) is 23.7 Å². The molecule has 2 aliphatic carbocycles. The van der Waals surface area contributed by atoms with Crippen LogP contribution in [-0.4, -0.2) is 47.1 Å². The maximum atomic E-state index is 12.9. The van der Waals surface area contributed by atoms with Crippen molar-refractivity contribution >= 4 is 27.6 Å². The van der Waals surface area contributed by atoms with Crippen molar-refractivity contribution in [1.82, 2.24) is 10.2 Å². The van der Waals surface area contributed by atoms with Gasteiger partial charge < -0.3 is 5.32 Å². The van der Waals surface area contributed by atoms with Crippen molar-refractivity contribution in [2.45, 2.75) is 62.7 Å². The van der Waals surface area contributed by atoms with Crippen LogP contribution < -0.4 is 5.32 Å². The first kappa shape index (κ1) is 22.0. The number of nitrogens with zero attached hydrogens (tertiary/aromatic N) is 1. The Hall–Kier alpha value is -1.20. The number of hydrogen-bond acceptors (Lipinski definition) is 3. The highest BCUT2D eigenvalue weighted by atomic mass is 79.9. The second-order valence-electron chi connectivity index (χ2n) is 9.79. The number of benzene rings is 1. The first-order valence-electron chi connectivity index (χ1n) is 11.7. The van der Waals surface area contributed by atoms with E-state index in [0.717, 1.165) is 45.2 Å². The van der Waals surface area contributed by atoms with Crippen molar-refractivity contribution in [3.63, 3.8) is 0 Å². The molecule has 3 fully saturated rings. The van der Waals surface area contributed by atoms with Crippen LogP contribution in [0, 0.1) is 23.7 Å². The number of carbonyl (C=O) groups is 2. The first-order valence-corrected chi connectivity index (χ1v) is 12.6. The minimum Gasteiger partial charge on any atom is -0.351 e. The number of carbonyl (C=O) groups excluding carboxylic acids is 2. The summed E-state index contributed by atoms with van der Waals surface area (Å²) in [6.07, 6.45) is 7.82. The van der Waals surface area contributed by atoms with Gasteiger partial charge in [0.1, 0.15) is 5.78 Å². The summed E-state index contributed by atoms with van der Waals surface area (Å²) in [5.74, 6) is 2.08. The van der Waals surface area contributed by atoms with Crippen LogP contribution in [0.15, 0.2) is 30.3 Å². The minimum atomic E-state index is -0.00152. The molecule has 0 bridgehead atoms. The number of halogens is 1. The predicted octanol–water partition coefficient (Wildman–Crippen LogP) is 4.21. The summed E-state index contributed by atoms with van der Waals surface area (Å²) in [4.78, 5) is 28.0. The number of fused-ring (bicyclic) bond motifs is 1. The van der Waals surface area contributed by atoms with Crippen molar-refractivity contribution in [1.29, 1.82) is 0 Å². The summed E-state index contributed by atoms with van der Waals surface area (Å²) in [5, 5.41) is 3.31. The number of piperidine rings is 1. The molecule has 5 heteroatoms. The Balaban J connectivity index is 1.27. The van der Waals surface area contributed by atoms with Crippen LogP contribution in [-0.2, 0) is 16.0 Å². The highest BCUT2D eigenvalue weighted by Crippen LogP contribution is 2.47. The molecule has 4 rings (SSSR count). The molecule has 0 spiro atoms. The molecule has 4 nitrogen and oxygen atoms in total. The Bertz CT molecular complexity index is 732. The average Bonchev–Trinajstić information content (AvgIpc) is 3.08. The van der Waals surface area contributed by atoms with Gasteiger partial charge in [-0.05, 0) is 88.3 Å². The fraction of sp³-hybridized carbons (Fsp3) is 0.680. The van der Waals surface area contributed by atoms with Gasteiger partial charge in [-0.1, -0.05) is 46.3 Å². The quantitative estimate of drug-likeness (QED) is 0.627. The van der Waals surface area contributed by atoms with Crippen LogP contribution in [0.1, 0.15) is 51.0 Å². The Morgan fingerprint density at radius 3 is 2.50 bits per heavy atom. The first-order chi connectivity index (χ1) is 14.5. The Kier molecular flexibility index (Phi) is 7.30. The molecule has 1 saturated heterocycles. The van der Waals surface area contributed by atoms with E-state index in [4.69, 9.17) is 0 Å². The molecule has 1 aromatic rings. The molecule has 1 aromatic carbocycles. The van der Waals surface area contributed by atoms with E-state index in [0.29, 0.717) is 29.1 Å². The summed E-state index contributed by atoms with van der Waals surface area (Å²) < 4.78 is 0. The van der Waals surface area contributed by atoms with E-state index in [1.54, 1.807) is 6.92 Å². The molecule has 0 radical (unpaired) electrons. The molecule has 0 aromatic heterocycles. The van der Waals surface area contributed by atoms with Gasteiger partial charge >= 0.3 is 0 Å². The fourth-order valence-electron chi connectivity index (χ4n) is 6.08. The van der Waals surface area contributed by atoms with Crippen LogP contribution in [0.4, 0.5) is 0 Å². The lowest BCUT2D eigenvalue weighted by atomic mass is 9.80. The van der Waals surface area contributed by atoms with Gasteiger partial charge in [-0.15, -0.1) is 0 Å². The van der Waals surface area contributed by atoms with E-state index < -0.39 is 0 Å². The Morgan fingerprint density at radius 2 is 1.80 bits per heavy atom. The highest BCUT2D eigenvalue weighted by Gasteiger charge is 2.47. The largest absolute Gasteiger partial charge is 0.351 e. The van der Waals surface area contributed by atoms with Gasteiger partial charge in [-0.2, -0.15) is 0 Å². The van der Waals surface area contributed by atoms with E-state index >= 15 is 0 Å². The van der Waals surface area contributed by atoms with Crippen LogP contribution in [0.2, 0.25) is 0 Å². The van der Waals surface area contributed by atoms with Gasteiger partial charge in [-0.3, -0.25) is 14.5 Å².